The topological polar surface area (TPSA) is 69.6 Å². The standard InChI is InChI=1S/C14H27N5/c1-13(2,3)11-6-5-8-14(15,9-7-11)10-12-16-18-19(4)17-12/h11H,5-10,15H2,1-4H3. The zero-order chi connectivity index (χ0) is 14.1. The average molecular weight is 265 g/mol. The lowest BCUT2D eigenvalue weighted by Gasteiger charge is -2.31. The van der Waals surface area contributed by atoms with Crippen molar-refractivity contribution >= 4 is 0 Å². The van der Waals surface area contributed by atoms with Crippen LogP contribution in [0.4, 0.5) is 0 Å². The van der Waals surface area contributed by atoms with Crippen LogP contribution in [0.15, 0.2) is 0 Å². The van der Waals surface area contributed by atoms with Crippen LogP contribution in [0.25, 0.3) is 0 Å². The van der Waals surface area contributed by atoms with Gasteiger partial charge in [0, 0.05) is 12.0 Å². The van der Waals surface area contributed by atoms with Crippen molar-refractivity contribution in [2.24, 2.45) is 24.1 Å². The lowest BCUT2D eigenvalue weighted by atomic mass is 9.76. The summed E-state index contributed by atoms with van der Waals surface area (Å²) in [6, 6.07) is 0. The molecule has 1 fully saturated rings. The molecule has 1 aliphatic rings. The van der Waals surface area contributed by atoms with Gasteiger partial charge in [0.1, 0.15) is 0 Å². The second-order valence-electron chi connectivity index (χ2n) is 7.23. The summed E-state index contributed by atoms with van der Waals surface area (Å²) in [6.45, 7) is 7.02. The van der Waals surface area contributed by atoms with E-state index in [1.165, 1.54) is 24.1 Å². The highest BCUT2D eigenvalue weighted by atomic mass is 15.6. The molecule has 0 saturated heterocycles. The molecule has 0 aromatic carbocycles. The molecule has 108 valence electrons. The lowest BCUT2D eigenvalue weighted by molar-refractivity contribution is 0.210. The number of nitrogens with zero attached hydrogens (tertiary/aromatic N) is 4. The Bertz CT molecular complexity index is 420. The van der Waals surface area contributed by atoms with Gasteiger partial charge in [-0.05, 0) is 42.2 Å². The first-order valence-electron chi connectivity index (χ1n) is 7.30. The molecule has 5 heteroatoms. The fraction of sp³-hybridized carbons (Fsp3) is 0.929. The van der Waals surface area contributed by atoms with Crippen LogP contribution in [0.5, 0.6) is 0 Å². The Labute approximate surface area is 115 Å². The number of aromatic nitrogens is 4. The Morgan fingerprint density at radius 3 is 2.63 bits per heavy atom. The summed E-state index contributed by atoms with van der Waals surface area (Å²) in [5, 5.41) is 12.2. The molecule has 1 saturated carbocycles. The van der Waals surface area contributed by atoms with Crippen molar-refractivity contribution < 1.29 is 0 Å². The number of aryl methyl sites for hydroxylation is 1. The predicted octanol–water partition coefficient (Wildman–Crippen LogP) is 2.08. The first-order chi connectivity index (χ1) is 8.78. The Kier molecular flexibility index (Phi) is 3.95. The Morgan fingerprint density at radius 2 is 2.05 bits per heavy atom. The van der Waals surface area contributed by atoms with Crippen LogP contribution in [-0.4, -0.2) is 25.7 Å². The van der Waals surface area contributed by atoms with Gasteiger partial charge in [-0.1, -0.05) is 27.2 Å². The molecule has 5 nitrogen and oxygen atoms in total. The molecule has 1 aliphatic carbocycles. The molecular formula is C14H27N5. The SMILES string of the molecule is Cn1nnc(CC2(N)CCCC(C(C)(C)C)CC2)n1. The third kappa shape index (κ3) is 3.75. The molecule has 1 heterocycles. The largest absolute Gasteiger partial charge is 0.325 e. The third-order valence-corrected chi connectivity index (χ3v) is 4.50. The first-order valence-corrected chi connectivity index (χ1v) is 7.30. The van der Waals surface area contributed by atoms with Crippen LogP contribution < -0.4 is 5.73 Å². The maximum absolute atomic E-state index is 6.59. The molecule has 2 N–H and O–H groups in total. The van der Waals surface area contributed by atoms with E-state index in [-0.39, 0.29) is 5.54 Å². The maximum atomic E-state index is 6.59. The smallest absolute Gasteiger partial charge is 0.176 e. The summed E-state index contributed by atoms with van der Waals surface area (Å²) in [5.41, 5.74) is 6.82. The van der Waals surface area contributed by atoms with Gasteiger partial charge in [-0.3, -0.25) is 0 Å². The van der Waals surface area contributed by atoms with E-state index in [4.69, 9.17) is 5.73 Å². The lowest BCUT2D eigenvalue weighted by Crippen LogP contribution is -2.42. The van der Waals surface area contributed by atoms with Crippen LogP contribution in [0.3, 0.4) is 0 Å². The van der Waals surface area contributed by atoms with E-state index in [0.717, 1.165) is 31.0 Å². The molecule has 1 aromatic heterocycles. The molecule has 19 heavy (non-hydrogen) atoms. The number of rotatable bonds is 2. The highest BCUT2D eigenvalue weighted by Gasteiger charge is 2.34. The van der Waals surface area contributed by atoms with E-state index in [2.05, 4.69) is 36.2 Å². The highest BCUT2D eigenvalue weighted by Crippen LogP contribution is 2.39. The minimum Gasteiger partial charge on any atom is -0.325 e. The second kappa shape index (κ2) is 5.19. The van der Waals surface area contributed by atoms with Crippen LogP contribution >= 0.6 is 0 Å². The Balaban J connectivity index is 2.01. The number of hydrogen-bond donors (Lipinski definition) is 1. The molecule has 2 unspecified atom stereocenters. The van der Waals surface area contributed by atoms with E-state index in [9.17, 15) is 0 Å². The van der Waals surface area contributed by atoms with Gasteiger partial charge < -0.3 is 5.73 Å². The van der Waals surface area contributed by atoms with Crippen molar-refractivity contribution in [3.63, 3.8) is 0 Å². The molecule has 2 rings (SSSR count). The van der Waals surface area contributed by atoms with Gasteiger partial charge in [-0.25, -0.2) is 0 Å². The van der Waals surface area contributed by atoms with Crippen molar-refractivity contribution in [1.82, 2.24) is 20.2 Å². The number of nitrogens with two attached hydrogens (primary N) is 1. The van der Waals surface area contributed by atoms with Gasteiger partial charge in [0.15, 0.2) is 5.82 Å². The average Bonchev–Trinajstić information content (AvgIpc) is 2.56. The molecular weight excluding hydrogens is 238 g/mol. The van der Waals surface area contributed by atoms with Crippen LogP contribution in [0.1, 0.15) is 58.7 Å². The fourth-order valence-corrected chi connectivity index (χ4v) is 3.18. The van der Waals surface area contributed by atoms with Gasteiger partial charge in [0.2, 0.25) is 0 Å². The van der Waals surface area contributed by atoms with Gasteiger partial charge in [-0.15, -0.1) is 10.2 Å². The highest BCUT2D eigenvalue weighted by molar-refractivity contribution is 4.97. The second-order valence-corrected chi connectivity index (χ2v) is 7.23. The molecule has 0 aliphatic heterocycles. The van der Waals surface area contributed by atoms with Crippen LogP contribution in [-0.2, 0) is 13.5 Å². The van der Waals surface area contributed by atoms with E-state index in [1.807, 2.05) is 0 Å². The Morgan fingerprint density at radius 1 is 1.32 bits per heavy atom. The maximum Gasteiger partial charge on any atom is 0.176 e. The minimum atomic E-state index is -0.150. The van der Waals surface area contributed by atoms with E-state index >= 15 is 0 Å². The zero-order valence-electron chi connectivity index (χ0n) is 12.7. The van der Waals surface area contributed by atoms with Crippen molar-refractivity contribution in [3.8, 4) is 0 Å². The van der Waals surface area contributed by atoms with Gasteiger partial charge in [0.05, 0.1) is 7.05 Å². The normalized spacial score (nSPS) is 29.2. The molecule has 1 aromatic rings. The summed E-state index contributed by atoms with van der Waals surface area (Å²) < 4.78 is 0. The molecule has 0 amide bonds. The minimum absolute atomic E-state index is 0.150. The Hall–Kier alpha value is -0.970. The summed E-state index contributed by atoms with van der Waals surface area (Å²) in [7, 11) is 1.79. The summed E-state index contributed by atoms with van der Waals surface area (Å²) >= 11 is 0. The van der Waals surface area contributed by atoms with E-state index < -0.39 is 0 Å². The quantitative estimate of drug-likeness (QED) is 0.831. The van der Waals surface area contributed by atoms with Crippen molar-refractivity contribution in [3.05, 3.63) is 5.82 Å². The molecule has 0 spiro atoms. The first kappa shape index (κ1) is 14.4. The van der Waals surface area contributed by atoms with Gasteiger partial charge in [0.25, 0.3) is 0 Å². The van der Waals surface area contributed by atoms with Crippen molar-refractivity contribution in [1.29, 1.82) is 0 Å². The molecule has 0 bridgehead atoms. The molecule has 0 radical (unpaired) electrons. The zero-order valence-corrected chi connectivity index (χ0v) is 12.7. The molecule has 2 atom stereocenters. The summed E-state index contributed by atoms with van der Waals surface area (Å²) in [4.78, 5) is 1.51. The fourth-order valence-electron chi connectivity index (χ4n) is 3.18. The predicted molar refractivity (Wildman–Crippen MR) is 75.5 cm³/mol. The third-order valence-electron chi connectivity index (χ3n) is 4.50. The number of tetrazole rings is 1. The van der Waals surface area contributed by atoms with Crippen LogP contribution in [0.2, 0.25) is 0 Å². The summed E-state index contributed by atoms with van der Waals surface area (Å²) in [6.07, 6.45) is 6.58. The van der Waals surface area contributed by atoms with Gasteiger partial charge >= 0.3 is 0 Å². The monoisotopic (exact) mass is 265 g/mol. The van der Waals surface area contributed by atoms with Crippen molar-refractivity contribution in [2.45, 2.75) is 64.8 Å². The van der Waals surface area contributed by atoms with Crippen LogP contribution in [0, 0.1) is 11.3 Å². The van der Waals surface area contributed by atoms with E-state index in [1.54, 1.807) is 7.05 Å². The summed E-state index contributed by atoms with van der Waals surface area (Å²) in [5.74, 6) is 1.55. The van der Waals surface area contributed by atoms with Gasteiger partial charge in [-0.2, -0.15) is 4.80 Å². The number of hydrogen-bond acceptors (Lipinski definition) is 4. The van der Waals surface area contributed by atoms with E-state index in [0.29, 0.717) is 5.41 Å². The van der Waals surface area contributed by atoms with Crippen molar-refractivity contribution in [2.75, 3.05) is 0 Å².